The molecule has 1 atom stereocenters. The highest BCUT2D eigenvalue weighted by Gasteiger charge is 2.30. The van der Waals surface area contributed by atoms with Crippen LogP contribution in [0.15, 0.2) is 0 Å². The molecule has 1 saturated heterocycles. The van der Waals surface area contributed by atoms with Gasteiger partial charge in [-0.15, -0.1) is 0 Å². The van der Waals surface area contributed by atoms with Crippen LogP contribution in [0.1, 0.15) is 6.42 Å². The van der Waals surface area contributed by atoms with Crippen molar-refractivity contribution in [2.75, 3.05) is 27.3 Å². The first-order valence-electron chi connectivity index (χ1n) is 4.04. The molecule has 5 nitrogen and oxygen atoms in total. The van der Waals surface area contributed by atoms with E-state index in [4.69, 9.17) is 4.74 Å². The van der Waals surface area contributed by atoms with Crippen LogP contribution in [0.3, 0.4) is 0 Å². The van der Waals surface area contributed by atoms with Crippen molar-refractivity contribution in [3.8, 4) is 0 Å². The van der Waals surface area contributed by atoms with Crippen molar-refractivity contribution in [1.82, 2.24) is 4.90 Å². The summed E-state index contributed by atoms with van der Waals surface area (Å²) in [5, 5.41) is 0. The zero-order valence-electron chi connectivity index (χ0n) is 7.78. The molecule has 1 fully saturated rings. The molecule has 0 N–H and O–H groups in total. The average molecular weight is 187 g/mol. The summed E-state index contributed by atoms with van der Waals surface area (Å²) in [4.78, 5) is 23.5. The molecule has 0 aliphatic carbocycles. The highest BCUT2D eigenvalue weighted by atomic mass is 16.5. The van der Waals surface area contributed by atoms with Crippen molar-refractivity contribution in [2.24, 2.45) is 0 Å². The highest BCUT2D eigenvalue weighted by molar-refractivity contribution is 5.84. The van der Waals surface area contributed by atoms with Gasteiger partial charge in [0, 0.05) is 13.7 Å². The lowest BCUT2D eigenvalue weighted by atomic mass is 10.3. The van der Waals surface area contributed by atoms with E-state index in [9.17, 15) is 9.59 Å². The van der Waals surface area contributed by atoms with Gasteiger partial charge in [-0.2, -0.15) is 0 Å². The molecule has 0 saturated carbocycles. The summed E-state index contributed by atoms with van der Waals surface area (Å²) in [6, 6.07) is 0. The molecule has 1 rings (SSSR count). The second kappa shape index (κ2) is 4.23. The first-order valence-corrected chi connectivity index (χ1v) is 4.04. The number of hydrogen-bond donors (Lipinski definition) is 0. The Labute approximate surface area is 76.6 Å². The van der Waals surface area contributed by atoms with Crippen molar-refractivity contribution in [3.05, 3.63) is 0 Å². The van der Waals surface area contributed by atoms with E-state index in [1.807, 2.05) is 0 Å². The molecular formula is C8H13NO4. The molecule has 0 aromatic heterocycles. The monoisotopic (exact) mass is 187 g/mol. The highest BCUT2D eigenvalue weighted by Crippen LogP contribution is 2.12. The minimum Gasteiger partial charge on any atom is -0.468 e. The van der Waals surface area contributed by atoms with Crippen LogP contribution >= 0.6 is 0 Å². The summed E-state index contributed by atoms with van der Waals surface area (Å²) < 4.78 is 9.47. The SMILES string of the molecule is COC(=O)CN1C[C@H](OC)CC1=O. The first-order chi connectivity index (χ1) is 6.17. The van der Waals surface area contributed by atoms with E-state index in [2.05, 4.69) is 4.74 Å². The number of nitrogens with zero attached hydrogens (tertiary/aromatic N) is 1. The molecule has 0 aromatic carbocycles. The van der Waals surface area contributed by atoms with Crippen molar-refractivity contribution >= 4 is 11.9 Å². The maximum absolute atomic E-state index is 11.2. The van der Waals surface area contributed by atoms with Gasteiger partial charge in [0.05, 0.1) is 19.6 Å². The molecule has 0 bridgehead atoms. The topological polar surface area (TPSA) is 55.8 Å². The van der Waals surface area contributed by atoms with Crippen LogP contribution in [-0.2, 0) is 19.1 Å². The van der Waals surface area contributed by atoms with E-state index >= 15 is 0 Å². The molecule has 0 unspecified atom stereocenters. The van der Waals surface area contributed by atoms with Crippen LogP contribution in [-0.4, -0.2) is 50.2 Å². The summed E-state index contributed by atoms with van der Waals surface area (Å²) in [6.45, 7) is 0.500. The van der Waals surface area contributed by atoms with E-state index in [1.54, 1.807) is 7.11 Å². The van der Waals surface area contributed by atoms with Crippen molar-refractivity contribution in [1.29, 1.82) is 0 Å². The van der Waals surface area contributed by atoms with Crippen LogP contribution in [0.25, 0.3) is 0 Å². The van der Waals surface area contributed by atoms with Gasteiger partial charge in [0.15, 0.2) is 0 Å². The Hall–Kier alpha value is -1.10. The number of rotatable bonds is 3. The average Bonchev–Trinajstić information content (AvgIpc) is 2.47. The molecule has 1 aliphatic rings. The number of methoxy groups -OCH3 is 2. The van der Waals surface area contributed by atoms with Gasteiger partial charge in [0.2, 0.25) is 5.91 Å². The largest absolute Gasteiger partial charge is 0.468 e. The summed E-state index contributed by atoms with van der Waals surface area (Å²) in [6.07, 6.45) is 0.269. The lowest BCUT2D eigenvalue weighted by Gasteiger charge is -2.13. The zero-order chi connectivity index (χ0) is 9.84. The van der Waals surface area contributed by atoms with E-state index in [0.717, 1.165) is 0 Å². The van der Waals surface area contributed by atoms with Gasteiger partial charge >= 0.3 is 5.97 Å². The Balaban J connectivity index is 2.43. The van der Waals surface area contributed by atoms with Gasteiger partial charge in [-0.1, -0.05) is 0 Å². The van der Waals surface area contributed by atoms with Crippen molar-refractivity contribution < 1.29 is 19.1 Å². The molecule has 74 valence electrons. The number of hydrogen-bond acceptors (Lipinski definition) is 4. The zero-order valence-corrected chi connectivity index (χ0v) is 7.78. The quantitative estimate of drug-likeness (QED) is 0.554. The predicted octanol–water partition coefficient (Wildman–Crippen LogP) is -0.593. The molecular weight excluding hydrogens is 174 g/mol. The smallest absolute Gasteiger partial charge is 0.325 e. The lowest BCUT2D eigenvalue weighted by molar-refractivity contribution is -0.145. The van der Waals surface area contributed by atoms with Gasteiger partial charge in [-0.3, -0.25) is 9.59 Å². The Morgan fingerprint density at radius 2 is 2.31 bits per heavy atom. The molecule has 1 heterocycles. The molecule has 0 spiro atoms. The molecule has 1 aliphatic heterocycles. The number of carbonyl (C=O) groups is 2. The van der Waals surface area contributed by atoms with Crippen LogP contribution < -0.4 is 0 Å². The molecule has 1 amide bonds. The Morgan fingerprint density at radius 1 is 1.62 bits per heavy atom. The van der Waals surface area contributed by atoms with Crippen LogP contribution in [0.2, 0.25) is 0 Å². The lowest BCUT2D eigenvalue weighted by Crippen LogP contribution is -2.32. The normalized spacial score (nSPS) is 22.2. The standard InChI is InChI=1S/C8H13NO4/c1-12-6-3-7(10)9(4-6)5-8(11)13-2/h6H,3-5H2,1-2H3/t6-/m1/s1. The summed E-state index contributed by atoms with van der Waals surface area (Å²) in [5.74, 6) is -0.456. The van der Waals surface area contributed by atoms with Gasteiger partial charge in [0.1, 0.15) is 6.54 Å². The Bertz CT molecular complexity index is 216. The van der Waals surface area contributed by atoms with E-state index < -0.39 is 5.97 Å². The first kappa shape index (κ1) is 9.98. The molecule has 0 aromatic rings. The number of ether oxygens (including phenoxy) is 2. The fourth-order valence-electron chi connectivity index (χ4n) is 1.27. The van der Waals surface area contributed by atoms with Gasteiger partial charge < -0.3 is 14.4 Å². The van der Waals surface area contributed by atoms with Gasteiger partial charge in [0.25, 0.3) is 0 Å². The fraction of sp³-hybridized carbons (Fsp3) is 0.750. The third-order valence-electron chi connectivity index (χ3n) is 2.06. The number of carbonyl (C=O) groups excluding carboxylic acids is 2. The Kier molecular flexibility index (Phi) is 3.25. The third-order valence-corrected chi connectivity index (χ3v) is 2.06. The third kappa shape index (κ3) is 2.42. The maximum atomic E-state index is 11.2. The summed E-state index contributed by atoms with van der Waals surface area (Å²) in [7, 11) is 2.86. The van der Waals surface area contributed by atoms with Gasteiger partial charge in [-0.05, 0) is 0 Å². The molecule has 13 heavy (non-hydrogen) atoms. The summed E-state index contributed by atoms with van der Waals surface area (Å²) in [5.41, 5.74) is 0. The minimum atomic E-state index is -0.398. The van der Waals surface area contributed by atoms with Gasteiger partial charge in [-0.25, -0.2) is 0 Å². The van der Waals surface area contributed by atoms with Crippen molar-refractivity contribution in [3.63, 3.8) is 0 Å². The maximum Gasteiger partial charge on any atom is 0.325 e. The van der Waals surface area contributed by atoms with Crippen LogP contribution in [0, 0.1) is 0 Å². The predicted molar refractivity (Wildman–Crippen MR) is 44.0 cm³/mol. The van der Waals surface area contributed by atoms with E-state index in [0.29, 0.717) is 13.0 Å². The minimum absolute atomic E-state index is 0.0230. The molecule has 5 heteroatoms. The van der Waals surface area contributed by atoms with Crippen LogP contribution in [0.4, 0.5) is 0 Å². The van der Waals surface area contributed by atoms with E-state index in [1.165, 1.54) is 12.0 Å². The second-order valence-electron chi connectivity index (χ2n) is 2.91. The Morgan fingerprint density at radius 3 is 2.77 bits per heavy atom. The van der Waals surface area contributed by atoms with Crippen molar-refractivity contribution in [2.45, 2.75) is 12.5 Å². The number of esters is 1. The number of likely N-dealkylation sites (tertiary alicyclic amines) is 1. The fourth-order valence-corrected chi connectivity index (χ4v) is 1.27. The van der Waals surface area contributed by atoms with E-state index in [-0.39, 0.29) is 18.6 Å². The number of amides is 1. The molecule has 0 radical (unpaired) electrons. The van der Waals surface area contributed by atoms with Crippen LogP contribution in [0.5, 0.6) is 0 Å². The summed E-state index contributed by atoms with van der Waals surface area (Å²) >= 11 is 0. The second-order valence-corrected chi connectivity index (χ2v) is 2.91.